The average Bonchev–Trinajstić information content (AvgIpc) is 3.27. The Hall–Kier alpha value is -5.71. The van der Waals surface area contributed by atoms with Crippen LogP contribution in [0.3, 0.4) is 0 Å². The van der Waals surface area contributed by atoms with Crippen LogP contribution in [0, 0.1) is 0 Å². The van der Waals surface area contributed by atoms with Crippen LogP contribution in [0.4, 0.5) is 28.4 Å². The SMILES string of the molecule is Nc1ccc(N)c2cc(S(=O)(=O)O)ccc12.Nc1ccc2c(O)c(N)c(S(=O)(=O)O)cc2c1S(=O)(=O)O.Nc1ccc2c(c1)C(=O)NC2=O. The van der Waals surface area contributed by atoms with Crippen LogP contribution in [-0.2, 0) is 30.4 Å². The van der Waals surface area contributed by atoms with E-state index in [4.69, 9.17) is 37.8 Å². The fourth-order valence-corrected chi connectivity index (χ4v) is 6.62. The summed E-state index contributed by atoms with van der Waals surface area (Å²) in [5, 5.41) is 12.7. The van der Waals surface area contributed by atoms with Crippen LogP contribution in [0.1, 0.15) is 20.7 Å². The second-order valence-electron chi connectivity index (χ2n) is 10.2. The Kier molecular flexibility index (Phi) is 9.38. The van der Waals surface area contributed by atoms with Crippen molar-refractivity contribution in [2.75, 3.05) is 28.7 Å². The molecule has 2 amide bonds. The molecule has 0 unspecified atom stereocenters. The molecule has 0 atom stereocenters. The number of nitrogens with two attached hydrogens (primary N) is 5. The molecule has 21 heteroatoms. The quantitative estimate of drug-likeness (QED) is 0.0544. The number of carbonyl (C=O) groups excluding carboxylic acids is 2. The molecule has 49 heavy (non-hydrogen) atoms. The lowest BCUT2D eigenvalue weighted by Crippen LogP contribution is -2.19. The van der Waals surface area contributed by atoms with Crippen molar-refractivity contribution in [2.45, 2.75) is 14.7 Å². The zero-order valence-corrected chi connectivity index (χ0v) is 27.0. The van der Waals surface area contributed by atoms with E-state index in [0.29, 0.717) is 45.0 Å². The van der Waals surface area contributed by atoms with Crippen molar-refractivity contribution in [1.82, 2.24) is 5.32 Å². The first-order chi connectivity index (χ1) is 22.5. The van der Waals surface area contributed by atoms with Crippen molar-refractivity contribution in [3.05, 3.63) is 77.9 Å². The Morgan fingerprint density at radius 3 is 1.65 bits per heavy atom. The zero-order chi connectivity index (χ0) is 36.8. The third-order valence-corrected chi connectivity index (χ3v) is 9.64. The topological polar surface area (TPSA) is 360 Å². The number of carbonyl (C=O) groups is 2. The number of aromatic hydroxyl groups is 1. The largest absolute Gasteiger partial charge is 0.505 e. The smallest absolute Gasteiger partial charge is 0.297 e. The third-order valence-electron chi connectivity index (χ3n) is 6.93. The maximum atomic E-state index is 11.4. The maximum absolute atomic E-state index is 11.4. The maximum Gasteiger partial charge on any atom is 0.297 e. The molecule has 1 aliphatic heterocycles. The number of amides is 2. The highest BCUT2D eigenvalue weighted by molar-refractivity contribution is 7.86. The van der Waals surface area contributed by atoms with Gasteiger partial charge in [-0.3, -0.25) is 28.6 Å². The van der Waals surface area contributed by atoms with Crippen molar-refractivity contribution < 1.29 is 53.6 Å². The number of hydrogen-bond acceptors (Lipinski definition) is 14. The number of nitrogen functional groups attached to an aromatic ring is 5. The molecule has 0 radical (unpaired) electrons. The van der Waals surface area contributed by atoms with E-state index < -0.39 is 57.0 Å². The van der Waals surface area contributed by atoms with Crippen LogP contribution < -0.4 is 34.0 Å². The van der Waals surface area contributed by atoms with Crippen molar-refractivity contribution in [1.29, 1.82) is 0 Å². The summed E-state index contributed by atoms with van der Waals surface area (Å²) in [7, 11) is -13.9. The lowest BCUT2D eigenvalue weighted by Gasteiger charge is -2.12. The van der Waals surface area contributed by atoms with Crippen molar-refractivity contribution in [2.24, 2.45) is 0 Å². The van der Waals surface area contributed by atoms with Gasteiger partial charge in [0.2, 0.25) is 0 Å². The normalized spacial score (nSPS) is 12.8. The molecule has 0 saturated carbocycles. The minimum Gasteiger partial charge on any atom is -0.505 e. The summed E-state index contributed by atoms with van der Waals surface area (Å²) in [4.78, 5) is 20.2. The Morgan fingerprint density at radius 2 is 1.08 bits per heavy atom. The Morgan fingerprint density at radius 1 is 0.531 bits per heavy atom. The highest BCUT2D eigenvalue weighted by Gasteiger charge is 2.27. The van der Waals surface area contributed by atoms with Crippen LogP contribution in [-0.4, -0.2) is 55.8 Å². The van der Waals surface area contributed by atoms with Crippen LogP contribution in [0.5, 0.6) is 5.75 Å². The van der Waals surface area contributed by atoms with Gasteiger partial charge in [0.25, 0.3) is 42.2 Å². The predicted octanol–water partition coefficient (Wildman–Crippen LogP) is 1.61. The number of rotatable bonds is 3. The number of imide groups is 1. The zero-order valence-electron chi connectivity index (χ0n) is 24.5. The van der Waals surface area contributed by atoms with Gasteiger partial charge in [-0.15, -0.1) is 0 Å². The predicted molar refractivity (Wildman–Crippen MR) is 179 cm³/mol. The van der Waals surface area contributed by atoms with Crippen molar-refractivity contribution in [3.63, 3.8) is 0 Å². The van der Waals surface area contributed by atoms with Gasteiger partial charge in [0, 0.05) is 38.6 Å². The molecule has 15 N–H and O–H groups in total. The number of benzene rings is 5. The van der Waals surface area contributed by atoms with Crippen molar-refractivity contribution in [3.8, 4) is 5.75 Å². The van der Waals surface area contributed by atoms with Gasteiger partial charge in [-0.2, -0.15) is 25.3 Å². The standard InChI is InChI=1S/C10H10N2O7S2.C10H10N2O3S.C8H6N2O2/c11-6-2-1-4-5(10(6)21(17,18)19)3-7(20(14,15)16)8(12)9(4)13;11-9-3-4-10(12)8-5-6(16(13,14)15)1-2-7(8)9;9-4-1-2-5-6(3-4)8(12)10-7(5)11/h1-3,13H,11-12H2,(H,14,15,16)(H,17,18,19);1-5H,11-12H2,(H,13,14,15);1-3H,9H2,(H,10,11,12). The van der Waals surface area contributed by atoms with E-state index in [-0.39, 0.29) is 27.8 Å². The molecule has 0 aliphatic carbocycles. The van der Waals surface area contributed by atoms with E-state index in [9.17, 15) is 44.5 Å². The van der Waals surface area contributed by atoms with E-state index in [1.807, 2.05) is 0 Å². The molecule has 0 bridgehead atoms. The molecular formula is C28H26N6O12S3. The summed E-state index contributed by atoms with van der Waals surface area (Å²) in [6.07, 6.45) is 0. The van der Waals surface area contributed by atoms with Gasteiger partial charge in [-0.05, 0) is 60.7 Å². The van der Waals surface area contributed by atoms with E-state index in [2.05, 4.69) is 5.32 Å². The van der Waals surface area contributed by atoms with Gasteiger partial charge in [0.05, 0.1) is 27.4 Å². The fraction of sp³-hybridized carbons (Fsp3) is 0. The van der Waals surface area contributed by atoms with E-state index in [0.717, 1.165) is 6.07 Å². The summed E-state index contributed by atoms with van der Waals surface area (Å²) >= 11 is 0. The number of phenols is 1. The van der Waals surface area contributed by atoms with E-state index in [1.165, 1.54) is 30.3 Å². The second-order valence-corrected chi connectivity index (χ2v) is 14.4. The Bertz CT molecular complexity index is 2560. The first-order valence-corrected chi connectivity index (χ1v) is 17.4. The summed E-state index contributed by atoms with van der Waals surface area (Å²) in [5.74, 6) is -1.48. The van der Waals surface area contributed by atoms with Gasteiger partial charge in [-0.25, -0.2) is 0 Å². The molecule has 0 aromatic heterocycles. The van der Waals surface area contributed by atoms with Crippen LogP contribution in [0.2, 0.25) is 0 Å². The van der Waals surface area contributed by atoms with Gasteiger partial charge in [0.15, 0.2) is 0 Å². The molecule has 0 saturated heterocycles. The number of nitrogens with one attached hydrogen (secondary N) is 1. The first kappa shape index (κ1) is 36.1. The van der Waals surface area contributed by atoms with Gasteiger partial charge >= 0.3 is 0 Å². The van der Waals surface area contributed by atoms with E-state index >= 15 is 0 Å². The molecule has 258 valence electrons. The molecule has 5 aromatic rings. The van der Waals surface area contributed by atoms with Crippen LogP contribution in [0.15, 0.2) is 81.4 Å². The number of phenolic OH excluding ortho intramolecular Hbond substituents is 1. The Labute approximate surface area is 277 Å². The minimum absolute atomic E-state index is 0.151. The average molecular weight is 735 g/mol. The van der Waals surface area contributed by atoms with Crippen LogP contribution >= 0.6 is 0 Å². The molecule has 0 fully saturated rings. The number of anilines is 5. The number of fused-ring (bicyclic) bond motifs is 3. The molecule has 5 aromatic carbocycles. The molecule has 18 nitrogen and oxygen atoms in total. The highest BCUT2D eigenvalue weighted by atomic mass is 32.2. The monoisotopic (exact) mass is 734 g/mol. The molecule has 0 spiro atoms. The number of hydrogen-bond donors (Lipinski definition) is 10. The van der Waals surface area contributed by atoms with Gasteiger partial charge in [0.1, 0.15) is 15.5 Å². The van der Waals surface area contributed by atoms with Gasteiger partial charge in [-0.1, -0.05) is 6.07 Å². The third kappa shape index (κ3) is 7.40. The second kappa shape index (κ2) is 12.7. The summed E-state index contributed by atoms with van der Waals surface area (Å²) in [6, 6.07) is 15.0. The highest BCUT2D eigenvalue weighted by Crippen LogP contribution is 2.40. The van der Waals surface area contributed by atoms with Gasteiger partial charge < -0.3 is 33.8 Å². The Balaban J connectivity index is 0.000000172. The molecule has 1 aliphatic rings. The lowest BCUT2D eigenvalue weighted by atomic mass is 10.1. The van der Waals surface area contributed by atoms with Crippen LogP contribution in [0.25, 0.3) is 21.5 Å². The summed E-state index contributed by atoms with van der Waals surface area (Å²) in [5.41, 5.74) is 28.9. The van der Waals surface area contributed by atoms with Crippen molar-refractivity contribution >= 4 is 92.2 Å². The molecular weight excluding hydrogens is 709 g/mol. The van der Waals surface area contributed by atoms with E-state index in [1.54, 1.807) is 24.3 Å². The summed E-state index contributed by atoms with van der Waals surface area (Å²) < 4.78 is 94.2. The minimum atomic E-state index is -4.82. The lowest BCUT2D eigenvalue weighted by molar-refractivity contribution is 0.0879. The first-order valence-electron chi connectivity index (χ1n) is 13.1. The fourth-order valence-electron chi connectivity index (χ4n) is 4.66. The molecule has 1 heterocycles. The summed E-state index contributed by atoms with van der Waals surface area (Å²) in [6.45, 7) is 0. The molecule has 6 rings (SSSR count).